The summed E-state index contributed by atoms with van der Waals surface area (Å²) >= 11 is 0. The average molecular weight is 141 g/mol. The molecule has 0 aromatic carbocycles. The Kier molecular flexibility index (Phi) is 2.04. The van der Waals surface area contributed by atoms with Crippen LogP contribution in [0.1, 0.15) is 27.2 Å². The van der Waals surface area contributed by atoms with Crippen molar-refractivity contribution in [2.24, 2.45) is 17.3 Å². The molecule has 0 aromatic rings. The molecule has 1 heteroatoms. The molecule has 0 heterocycles. The lowest BCUT2D eigenvalue weighted by Crippen LogP contribution is -2.16. The van der Waals surface area contributed by atoms with E-state index >= 15 is 0 Å². The summed E-state index contributed by atoms with van der Waals surface area (Å²) in [6, 6.07) is 0. The van der Waals surface area contributed by atoms with Crippen LogP contribution in [0.25, 0.3) is 0 Å². The Labute approximate surface area is 64.2 Å². The molecule has 0 bridgehead atoms. The molecule has 1 rings (SSSR count). The zero-order valence-corrected chi connectivity index (χ0v) is 7.57. The maximum Gasteiger partial charge on any atom is -0.00180 e. The summed E-state index contributed by atoms with van der Waals surface area (Å²) in [5.41, 5.74) is 0.656. The smallest absolute Gasteiger partial charge is 0.00180 e. The van der Waals surface area contributed by atoms with Gasteiger partial charge < -0.3 is 5.32 Å². The first-order valence-electron chi connectivity index (χ1n) is 4.26. The van der Waals surface area contributed by atoms with E-state index < -0.39 is 0 Å². The summed E-state index contributed by atoms with van der Waals surface area (Å²) in [6.07, 6.45) is 1.42. The van der Waals surface area contributed by atoms with Crippen molar-refractivity contribution in [1.82, 2.24) is 5.32 Å². The van der Waals surface area contributed by atoms with Crippen LogP contribution in [-0.2, 0) is 0 Å². The second-order valence-corrected chi connectivity index (χ2v) is 4.12. The van der Waals surface area contributed by atoms with E-state index in [-0.39, 0.29) is 0 Å². The van der Waals surface area contributed by atoms with Crippen LogP contribution < -0.4 is 5.32 Å². The van der Waals surface area contributed by atoms with Gasteiger partial charge in [-0.3, -0.25) is 0 Å². The zero-order valence-electron chi connectivity index (χ0n) is 7.57. The van der Waals surface area contributed by atoms with Crippen molar-refractivity contribution in [1.29, 1.82) is 0 Å². The Morgan fingerprint density at radius 3 is 2.50 bits per heavy atom. The van der Waals surface area contributed by atoms with Crippen molar-refractivity contribution in [3.8, 4) is 0 Å². The minimum Gasteiger partial charge on any atom is -0.319 e. The molecule has 0 spiro atoms. The second kappa shape index (κ2) is 2.54. The number of hydrogen-bond donors (Lipinski definition) is 1. The predicted octanol–water partition coefficient (Wildman–Crippen LogP) is 1.89. The molecule has 0 amide bonds. The van der Waals surface area contributed by atoms with Crippen molar-refractivity contribution in [3.63, 3.8) is 0 Å². The molecule has 60 valence electrons. The molecule has 1 saturated carbocycles. The van der Waals surface area contributed by atoms with E-state index in [1.165, 1.54) is 13.0 Å². The third-order valence-corrected chi connectivity index (χ3v) is 3.23. The molecule has 10 heavy (non-hydrogen) atoms. The molecule has 1 nitrogen and oxygen atoms in total. The normalized spacial score (nSPS) is 38.7. The molecule has 0 saturated heterocycles. The highest BCUT2D eigenvalue weighted by Gasteiger charge is 2.50. The first-order valence-corrected chi connectivity index (χ1v) is 4.26. The van der Waals surface area contributed by atoms with Gasteiger partial charge in [-0.15, -0.1) is 0 Å². The van der Waals surface area contributed by atoms with Crippen molar-refractivity contribution >= 4 is 0 Å². The third-order valence-electron chi connectivity index (χ3n) is 3.23. The summed E-state index contributed by atoms with van der Waals surface area (Å²) < 4.78 is 0. The van der Waals surface area contributed by atoms with Crippen LogP contribution in [0.5, 0.6) is 0 Å². The van der Waals surface area contributed by atoms with Gasteiger partial charge in [0, 0.05) is 0 Å². The Hall–Kier alpha value is -0.0400. The lowest BCUT2D eigenvalue weighted by atomic mass is 9.92. The maximum absolute atomic E-state index is 3.24. The topological polar surface area (TPSA) is 12.0 Å². The van der Waals surface area contributed by atoms with Crippen LogP contribution in [-0.4, -0.2) is 13.6 Å². The van der Waals surface area contributed by atoms with Crippen LogP contribution in [0, 0.1) is 17.3 Å². The highest BCUT2D eigenvalue weighted by molar-refractivity contribution is 5.01. The fourth-order valence-electron chi connectivity index (χ4n) is 1.73. The summed E-state index contributed by atoms with van der Waals surface area (Å²) in [7, 11) is 2.04. The Bertz CT molecular complexity index is 120. The fourth-order valence-corrected chi connectivity index (χ4v) is 1.73. The van der Waals surface area contributed by atoms with E-state index in [0.717, 1.165) is 11.8 Å². The summed E-state index contributed by atoms with van der Waals surface area (Å²) in [6.45, 7) is 8.26. The molecule has 1 aliphatic carbocycles. The highest BCUT2D eigenvalue weighted by Crippen LogP contribution is 2.56. The summed E-state index contributed by atoms with van der Waals surface area (Å²) in [5, 5.41) is 3.24. The second-order valence-electron chi connectivity index (χ2n) is 4.12. The minimum absolute atomic E-state index is 0.656. The van der Waals surface area contributed by atoms with Gasteiger partial charge in [-0.25, -0.2) is 0 Å². The Balaban J connectivity index is 2.33. The van der Waals surface area contributed by atoms with Gasteiger partial charge in [-0.1, -0.05) is 20.8 Å². The highest BCUT2D eigenvalue weighted by atomic mass is 14.8. The quantitative estimate of drug-likeness (QED) is 0.633. The van der Waals surface area contributed by atoms with Crippen LogP contribution in [0.15, 0.2) is 0 Å². The minimum atomic E-state index is 0.656. The van der Waals surface area contributed by atoms with Gasteiger partial charge in [0.25, 0.3) is 0 Å². The molecule has 2 atom stereocenters. The van der Waals surface area contributed by atoms with E-state index in [1.807, 2.05) is 7.05 Å². The SMILES string of the molecule is CNCC1CC1(C)C(C)C. The van der Waals surface area contributed by atoms with Crippen LogP contribution in [0.2, 0.25) is 0 Å². The summed E-state index contributed by atoms with van der Waals surface area (Å²) in [4.78, 5) is 0. The molecule has 2 unspecified atom stereocenters. The molecule has 1 fully saturated rings. The van der Waals surface area contributed by atoms with Gasteiger partial charge in [-0.2, -0.15) is 0 Å². The van der Waals surface area contributed by atoms with Gasteiger partial charge in [0.1, 0.15) is 0 Å². The van der Waals surface area contributed by atoms with Gasteiger partial charge >= 0.3 is 0 Å². The van der Waals surface area contributed by atoms with Crippen molar-refractivity contribution in [2.75, 3.05) is 13.6 Å². The average Bonchev–Trinajstić information content (AvgIpc) is 2.45. The molecule has 0 radical (unpaired) electrons. The van der Waals surface area contributed by atoms with Crippen molar-refractivity contribution in [2.45, 2.75) is 27.2 Å². The molecule has 0 aliphatic heterocycles. The predicted molar refractivity (Wildman–Crippen MR) is 45.0 cm³/mol. The molecular weight excluding hydrogens is 122 g/mol. The van der Waals surface area contributed by atoms with E-state index in [9.17, 15) is 0 Å². The molecule has 1 N–H and O–H groups in total. The van der Waals surface area contributed by atoms with Crippen LogP contribution >= 0.6 is 0 Å². The largest absolute Gasteiger partial charge is 0.319 e. The lowest BCUT2D eigenvalue weighted by Gasteiger charge is -2.15. The summed E-state index contributed by atoms with van der Waals surface area (Å²) in [5.74, 6) is 1.79. The Morgan fingerprint density at radius 2 is 2.20 bits per heavy atom. The standard InChI is InChI=1S/C9H19N/c1-7(2)9(3)5-8(9)6-10-4/h7-8,10H,5-6H2,1-4H3. The molecule has 0 aromatic heterocycles. The number of rotatable bonds is 3. The maximum atomic E-state index is 3.24. The van der Waals surface area contributed by atoms with E-state index in [0.29, 0.717) is 5.41 Å². The number of nitrogens with one attached hydrogen (secondary N) is 1. The first-order chi connectivity index (χ1) is 4.61. The van der Waals surface area contributed by atoms with Crippen molar-refractivity contribution in [3.05, 3.63) is 0 Å². The van der Waals surface area contributed by atoms with Gasteiger partial charge in [0.2, 0.25) is 0 Å². The zero-order chi connectivity index (χ0) is 7.78. The van der Waals surface area contributed by atoms with Gasteiger partial charge in [-0.05, 0) is 37.3 Å². The third kappa shape index (κ3) is 1.20. The van der Waals surface area contributed by atoms with E-state index in [4.69, 9.17) is 0 Å². The fraction of sp³-hybridized carbons (Fsp3) is 1.00. The van der Waals surface area contributed by atoms with E-state index in [1.54, 1.807) is 0 Å². The Morgan fingerprint density at radius 1 is 1.60 bits per heavy atom. The van der Waals surface area contributed by atoms with Crippen molar-refractivity contribution < 1.29 is 0 Å². The molecule has 1 aliphatic rings. The van der Waals surface area contributed by atoms with E-state index in [2.05, 4.69) is 26.1 Å². The van der Waals surface area contributed by atoms with Crippen LogP contribution in [0.4, 0.5) is 0 Å². The first kappa shape index (κ1) is 8.06. The van der Waals surface area contributed by atoms with Gasteiger partial charge in [0.05, 0.1) is 0 Å². The number of hydrogen-bond acceptors (Lipinski definition) is 1. The van der Waals surface area contributed by atoms with Crippen LogP contribution in [0.3, 0.4) is 0 Å². The molecular formula is C9H19N. The lowest BCUT2D eigenvalue weighted by molar-refractivity contribution is 0.354. The monoisotopic (exact) mass is 141 g/mol. The van der Waals surface area contributed by atoms with Gasteiger partial charge in [0.15, 0.2) is 0 Å².